The molecule has 0 aromatic heterocycles. The van der Waals surface area contributed by atoms with E-state index in [0.29, 0.717) is 9.50 Å². The van der Waals surface area contributed by atoms with Gasteiger partial charge in [0.05, 0.1) is 15.6 Å². The molecule has 0 saturated carbocycles. The highest BCUT2D eigenvalue weighted by atomic mass is 79.9. The molecule has 0 aliphatic heterocycles. The molecular formula is C13H5BrCl2F2O. The topological polar surface area (TPSA) is 17.1 Å². The fourth-order valence-corrected chi connectivity index (χ4v) is 2.18. The first-order chi connectivity index (χ1) is 8.91. The van der Waals surface area contributed by atoms with Crippen LogP contribution in [0.4, 0.5) is 8.78 Å². The number of halogens is 5. The second-order valence-corrected chi connectivity index (χ2v) is 5.34. The van der Waals surface area contributed by atoms with E-state index in [-0.39, 0.29) is 10.6 Å². The van der Waals surface area contributed by atoms with E-state index in [4.69, 9.17) is 23.2 Å². The Hall–Kier alpha value is -0.970. The van der Waals surface area contributed by atoms with E-state index < -0.39 is 23.0 Å². The number of carbonyl (C=O) groups is 1. The van der Waals surface area contributed by atoms with Crippen LogP contribution in [0.25, 0.3) is 0 Å². The molecular weight excluding hydrogens is 361 g/mol. The Morgan fingerprint density at radius 2 is 1.74 bits per heavy atom. The van der Waals surface area contributed by atoms with Crippen molar-refractivity contribution in [1.82, 2.24) is 0 Å². The number of hydrogen-bond donors (Lipinski definition) is 0. The molecule has 6 heteroatoms. The molecule has 2 aromatic carbocycles. The Labute approximate surface area is 126 Å². The number of ketones is 1. The molecule has 0 bridgehead atoms. The highest BCUT2D eigenvalue weighted by Gasteiger charge is 2.21. The predicted molar refractivity (Wildman–Crippen MR) is 74.0 cm³/mol. The monoisotopic (exact) mass is 364 g/mol. The van der Waals surface area contributed by atoms with Crippen LogP contribution in [-0.2, 0) is 0 Å². The molecule has 2 aromatic rings. The normalized spacial score (nSPS) is 10.6. The van der Waals surface area contributed by atoms with Crippen molar-refractivity contribution in [2.75, 3.05) is 0 Å². The van der Waals surface area contributed by atoms with Gasteiger partial charge in [-0.2, -0.15) is 0 Å². The minimum Gasteiger partial charge on any atom is -0.288 e. The maximum Gasteiger partial charge on any atom is 0.197 e. The van der Waals surface area contributed by atoms with Gasteiger partial charge < -0.3 is 0 Å². The number of rotatable bonds is 2. The van der Waals surface area contributed by atoms with E-state index in [0.717, 1.165) is 12.1 Å². The maximum absolute atomic E-state index is 13.7. The second kappa shape index (κ2) is 5.57. The smallest absolute Gasteiger partial charge is 0.197 e. The van der Waals surface area contributed by atoms with E-state index in [9.17, 15) is 13.6 Å². The number of benzene rings is 2. The Kier molecular flexibility index (Phi) is 4.23. The molecule has 0 radical (unpaired) electrons. The van der Waals surface area contributed by atoms with Gasteiger partial charge in [0.25, 0.3) is 0 Å². The first-order valence-electron chi connectivity index (χ1n) is 5.05. The summed E-state index contributed by atoms with van der Waals surface area (Å²) in [5.41, 5.74) is -0.375. The van der Waals surface area contributed by atoms with Crippen LogP contribution in [0.2, 0.25) is 10.0 Å². The van der Waals surface area contributed by atoms with Crippen molar-refractivity contribution in [1.29, 1.82) is 0 Å². The molecule has 1 nitrogen and oxygen atoms in total. The Balaban J connectivity index is 2.56. The van der Waals surface area contributed by atoms with E-state index >= 15 is 0 Å². The third-order valence-electron chi connectivity index (χ3n) is 2.45. The highest BCUT2D eigenvalue weighted by molar-refractivity contribution is 9.10. The molecule has 0 aliphatic rings. The zero-order chi connectivity index (χ0) is 14.2. The zero-order valence-corrected chi connectivity index (χ0v) is 12.3. The van der Waals surface area contributed by atoms with Gasteiger partial charge in [-0.05, 0) is 46.3 Å². The van der Waals surface area contributed by atoms with Gasteiger partial charge in [0.15, 0.2) is 17.4 Å². The van der Waals surface area contributed by atoms with Crippen LogP contribution < -0.4 is 0 Å². The molecule has 0 N–H and O–H groups in total. The SMILES string of the molecule is O=C(c1ccc(Br)c(Cl)c1)c1c(Cl)ccc(F)c1F. The molecule has 0 fully saturated rings. The lowest BCUT2D eigenvalue weighted by Crippen LogP contribution is -2.07. The van der Waals surface area contributed by atoms with Gasteiger partial charge in [-0.25, -0.2) is 8.78 Å². The predicted octanol–water partition coefficient (Wildman–Crippen LogP) is 5.27. The van der Waals surface area contributed by atoms with Crippen LogP contribution in [0.15, 0.2) is 34.8 Å². The Bertz CT molecular complexity index is 674. The van der Waals surface area contributed by atoms with Gasteiger partial charge >= 0.3 is 0 Å². The molecule has 0 saturated heterocycles. The lowest BCUT2D eigenvalue weighted by Gasteiger charge is -2.07. The van der Waals surface area contributed by atoms with E-state index in [1.54, 1.807) is 6.07 Å². The molecule has 2 rings (SSSR count). The zero-order valence-electron chi connectivity index (χ0n) is 9.18. The fraction of sp³-hybridized carbons (Fsp3) is 0. The van der Waals surface area contributed by atoms with Crippen molar-refractivity contribution in [3.63, 3.8) is 0 Å². The molecule has 0 spiro atoms. The molecule has 0 aliphatic carbocycles. The van der Waals surface area contributed by atoms with Gasteiger partial charge in [-0.1, -0.05) is 23.2 Å². The standard InChI is InChI=1S/C13H5BrCl2F2O/c14-7-2-1-6(5-9(7)16)13(19)11-8(15)3-4-10(17)12(11)18/h1-5H. The summed E-state index contributed by atoms with van der Waals surface area (Å²) >= 11 is 14.8. The summed E-state index contributed by atoms with van der Waals surface area (Å²) in [6.45, 7) is 0. The average molecular weight is 366 g/mol. The molecule has 19 heavy (non-hydrogen) atoms. The van der Waals surface area contributed by atoms with Crippen molar-refractivity contribution >= 4 is 44.9 Å². The molecule has 0 heterocycles. The first kappa shape index (κ1) is 14.4. The van der Waals surface area contributed by atoms with E-state index in [1.165, 1.54) is 12.1 Å². The molecule has 0 amide bonds. The van der Waals surface area contributed by atoms with Crippen molar-refractivity contribution in [2.45, 2.75) is 0 Å². The van der Waals surface area contributed by atoms with Crippen LogP contribution in [0, 0.1) is 11.6 Å². The number of carbonyl (C=O) groups excluding carboxylic acids is 1. The summed E-state index contributed by atoms with van der Waals surface area (Å²) in [6.07, 6.45) is 0. The molecule has 98 valence electrons. The minimum atomic E-state index is -1.27. The van der Waals surface area contributed by atoms with Crippen LogP contribution in [0.3, 0.4) is 0 Å². The van der Waals surface area contributed by atoms with Gasteiger partial charge in [0.2, 0.25) is 0 Å². The van der Waals surface area contributed by atoms with E-state index in [1.807, 2.05) is 0 Å². The van der Waals surface area contributed by atoms with Crippen molar-refractivity contribution < 1.29 is 13.6 Å². The lowest BCUT2D eigenvalue weighted by molar-refractivity contribution is 0.103. The third-order valence-corrected chi connectivity index (χ3v) is 4.00. The summed E-state index contributed by atoms with van der Waals surface area (Å²) in [5, 5.41) is 0.140. The van der Waals surface area contributed by atoms with Gasteiger partial charge in [0.1, 0.15) is 0 Å². The highest BCUT2D eigenvalue weighted by Crippen LogP contribution is 2.28. The summed E-state index contributed by atoms with van der Waals surface area (Å²) in [5.74, 6) is -3.12. The first-order valence-corrected chi connectivity index (χ1v) is 6.60. The quantitative estimate of drug-likeness (QED) is 0.523. The lowest BCUT2D eigenvalue weighted by atomic mass is 10.0. The van der Waals surface area contributed by atoms with Crippen LogP contribution in [-0.4, -0.2) is 5.78 Å². The van der Waals surface area contributed by atoms with Crippen molar-refractivity contribution in [3.05, 3.63) is 67.6 Å². The van der Waals surface area contributed by atoms with Gasteiger partial charge in [0, 0.05) is 10.0 Å². The summed E-state index contributed by atoms with van der Waals surface area (Å²) in [4.78, 5) is 12.1. The van der Waals surface area contributed by atoms with Crippen LogP contribution >= 0.6 is 39.1 Å². The Morgan fingerprint density at radius 3 is 2.37 bits per heavy atom. The summed E-state index contributed by atoms with van der Waals surface area (Å²) in [6, 6.07) is 6.34. The van der Waals surface area contributed by atoms with Crippen LogP contribution in [0.1, 0.15) is 15.9 Å². The second-order valence-electron chi connectivity index (χ2n) is 3.68. The van der Waals surface area contributed by atoms with Crippen LogP contribution in [0.5, 0.6) is 0 Å². The van der Waals surface area contributed by atoms with Crippen molar-refractivity contribution in [3.8, 4) is 0 Å². The Morgan fingerprint density at radius 1 is 1.05 bits per heavy atom. The maximum atomic E-state index is 13.7. The number of hydrogen-bond acceptors (Lipinski definition) is 1. The molecule has 0 atom stereocenters. The van der Waals surface area contributed by atoms with E-state index in [2.05, 4.69) is 15.9 Å². The third kappa shape index (κ3) is 2.81. The van der Waals surface area contributed by atoms with Gasteiger partial charge in [-0.3, -0.25) is 4.79 Å². The fourth-order valence-electron chi connectivity index (χ4n) is 1.52. The minimum absolute atomic E-state index is 0.125. The van der Waals surface area contributed by atoms with Gasteiger partial charge in [-0.15, -0.1) is 0 Å². The molecule has 0 unspecified atom stereocenters. The summed E-state index contributed by atoms with van der Waals surface area (Å²) < 4.78 is 27.4. The summed E-state index contributed by atoms with van der Waals surface area (Å²) in [7, 11) is 0. The largest absolute Gasteiger partial charge is 0.288 e. The van der Waals surface area contributed by atoms with Crippen molar-refractivity contribution in [2.24, 2.45) is 0 Å². The average Bonchev–Trinajstić information content (AvgIpc) is 2.37.